The van der Waals surface area contributed by atoms with E-state index in [-0.39, 0.29) is 29.5 Å². The fraction of sp³-hybridized carbons (Fsp3) is 0.565. The molecule has 0 aliphatic carbocycles. The van der Waals surface area contributed by atoms with Crippen LogP contribution in [0.1, 0.15) is 58.7 Å². The van der Waals surface area contributed by atoms with Gasteiger partial charge in [0.15, 0.2) is 10.7 Å². The number of amides is 2. The Labute approximate surface area is 230 Å². The Morgan fingerprint density at radius 2 is 1.66 bits per heavy atom. The second-order valence-corrected chi connectivity index (χ2v) is 17.8. The van der Waals surface area contributed by atoms with Crippen LogP contribution in [-0.4, -0.2) is 65.9 Å². The lowest BCUT2D eigenvalue weighted by atomic mass is 10.1. The summed E-state index contributed by atoms with van der Waals surface area (Å²) in [6.45, 7) is 13.4. The van der Waals surface area contributed by atoms with Gasteiger partial charge in [0.05, 0.1) is 19.8 Å². The molecule has 2 amide bonds. The van der Waals surface area contributed by atoms with Gasteiger partial charge in [0.2, 0.25) is 5.78 Å². The van der Waals surface area contributed by atoms with Crippen molar-refractivity contribution in [1.82, 2.24) is 20.6 Å². The van der Waals surface area contributed by atoms with Crippen molar-refractivity contribution in [2.75, 3.05) is 13.2 Å². The minimum absolute atomic E-state index is 0.00803. The van der Waals surface area contributed by atoms with Crippen molar-refractivity contribution >= 4 is 54.7 Å². The number of nitrogens with one attached hydrogen (secondary N) is 2. The van der Waals surface area contributed by atoms with E-state index in [9.17, 15) is 24.3 Å². The van der Waals surface area contributed by atoms with Crippen molar-refractivity contribution in [3.8, 4) is 0 Å². The molecule has 210 valence electrons. The van der Waals surface area contributed by atoms with E-state index in [0.717, 1.165) is 28.7 Å². The lowest BCUT2D eigenvalue weighted by molar-refractivity contribution is -0.00727. The third kappa shape index (κ3) is 9.45. The van der Waals surface area contributed by atoms with Gasteiger partial charge in [-0.2, -0.15) is 0 Å². The van der Waals surface area contributed by atoms with E-state index in [1.807, 2.05) is 0 Å². The van der Waals surface area contributed by atoms with Crippen LogP contribution >= 0.6 is 22.7 Å². The first-order valence-corrected chi connectivity index (χ1v) is 17.3. The molecule has 1 atom stereocenters. The highest BCUT2D eigenvalue weighted by molar-refractivity contribution is 7.10. The van der Waals surface area contributed by atoms with Crippen molar-refractivity contribution in [2.24, 2.45) is 0 Å². The van der Waals surface area contributed by atoms with Crippen LogP contribution in [0, 0.1) is 0 Å². The highest BCUT2D eigenvalue weighted by Gasteiger charge is 2.45. The third-order valence-electron chi connectivity index (χ3n) is 4.56. The molecule has 0 aliphatic rings. The molecule has 2 rings (SSSR count). The van der Waals surface area contributed by atoms with Crippen LogP contribution in [0.3, 0.4) is 0 Å². The minimum atomic E-state index is -2.69. The van der Waals surface area contributed by atoms with Crippen LogP contribution in [-0.2, 0) is 26.5 Å². The van der Waals surface area contributed by atoms with Gasteiger partial charge in [0.25, 0.3) is 5.72 Å². The van der Waals surface area contributed by atoms with E-state index < -0.39 is 43.3 Å². The fourth-order valence-electron chi connectivity index (χ4n) is 2.73. The number of aromatic nitrogens is 2. The van der Waals surface area contributed by atoms with Crippen molar-refractivity contribution in [3.05, 3.63) is 32.2 Å². The van der Waals surface area contributed by atoms with Crippen molar-refractivity contribution in [2.45, 2.75) is 71.3 Å². The van der Waals surface area contributed by atoms with Gasteiger partial charge in [0, 0.05) is 18.8 Å². The molecule has 0 radical (unpaired) electrons. The lowest BCUT2D eigenvalue weighted by Crippen LogP contribution is -2.53. The molecule has 2 heterocycles. The first-order chi connectivity index (χ1) is 17.5. The smallest absolute Gasteiger partial charge is 0.410 e. The average molecular weight is 587 g/mol. The van der Waals surface area contributed by atoms with E-state index in [1.54, 1.807) is 27.7 Å². The number of hydrogen-bond acceptors (Lipinski definition) is 12. The summed E-state index contributed by atoms with van der Waals surface area (Å²) in [7, 11) is -1.35. The van der Waals surface area contributed by atoms with Crippen LogP contribution in [0.15, 0.2) is 10.8 Å². The average Bonchev–Trinajstić information content (AvgIpc) is 3.45. The molecule has 0 fully saturated rings. The maximum Gasteiger partial charge on any atom is 0.410 e. The van der Waals surface area contributed by atoms with Crippen molar-refractivity contribution < 1.29 is 38.5 Å². The molecule has 0 saturated carbocycles. The number of Topliss-reactive ketones (excluding diaryl/α,β-unsaturated/α-hetero) is 1. The summed E-state index contributed by atoms with van der Waals surface area (Å²) in [6, 6.07) is 0.828. The third-order valence-corrected chi connectivity index (χ3v) is 8.07. The molecule has 0 saturated heterocycles. The predicted octanol–water partition coefficient (Wildman–Crippen LogP) is 3.89. The van der Waals surface area contributed by atoms with Gasteiger partial charge in [-0.15, -0.1) is 22.7 Å². The number of rotatable bonds is 11. The van der Waals surface area contributed by atoms with Gasteiger partial charge in [-0.05, 0) is 33.7 Å². The molecule has 0 aromatic carbocycles. The summed E-state index contributed by atoms with van der Waals surface area (Å²) in [5.74, 6) is -1.76. The van der Waals surface area contributed by atoms with Gasteiger partial charge in [-0.25, -0.2) is 24.4 Å². The molecule has 3 N–H and O–H groups in total. The highest BCUT2D eigenvalue weighted by Crippen LogP contribution is 2.28. The number of carbonyl (C=O) groups excluding carboxylic acids is 4. The molecule has 15 heteroatoms. The number of esters is 1. The first kappa shape index (κ1) is 31.3. The number of carbonyl (C=O) groups is 4. The van der Waals surface area contributed by atoms with Crippen LogP contribution in [0.25, 0.3) is 0 Å². The van der Waals surface area contributed by atoms with E-state index in [1.165, 1.54) is 10.8 Å². The standard InChI is InChI=1S/C23H34N4O8S2Si/c1-8-33-18(29)15-13-37-19(26-15)23(32,27-21(31)35-22(2,3)4)17(28)14-12-36-16(25-14)11-24-20(30)34-9-10-38(5,6)7/h12-13,32H,8-11H2,1-7H3,(H,24,30)(H,27,31)/t23-/m1/s1. The molecule has 38 heavy (non-hydrogen) atoms. The number of alkyl carbamates (subject to hydrolysis) is 2. The number of aliphatic hydroxyl groups is 1. The number of hydrogen-bond donors (Lipinski definition) is 3. The maximum atomic E-state index is 13.4. The van der Waals surface area contributed by atoms with Gasteiger partial charge >= 0.3 is 18.2 Å². The van der Waals surface area contributed by atoms with E-state index in [2.05, 4.69) is 40.2 Å². The zero-order chi connectivity index (χ0) is 28.7. The Morgan fingerprint density at radius 3 is 2.26 bits per heavy atom. The molecule has 0 spiro atoms. The monoisotopic (exact) mass is 586 g/mol. The van der Waals surface area contributed by atoms with Crippen LogP contribution in [0.2, 0.25) is 25.7 Å². The highest BCUT2D eigenvalue weighted by atomic mass is 32.1. The topological polar surface area (TPSA) is 166 Å². The number of ketones is 1. The lowest BCUT2D eigenvalue weighted by Gasteiger charge is -2.27. The SMILES string of the molecule is CCOC(=O)c1csc([C@@](O)(NC(=O)OC(C)(C)C)C(=O)c2csc(CNC(=O)OCC[Si](C)(C)C)n2)n1. The first-order valence-electron chi connectivity index (χ1n) is 11.8. The summed E-state index contributed by atoms with van der Waals surface area (Å²) < 4.78 is 15.3. The normalized spacial score (nSPS) is 13.3. The second-order valence-electron chi connectivity index (χ2n) is 10.4. The molecule has 0 aliphatic heterocycles. The zero-order valence-corrected chi connectivity index (χ0v) is 25.1. The molecule has 2 aromatic heterocycles. The Kier molecular flexibility index (Phi) is 10.5. The largest absolute Gasteiger partial charge is 0.461 e. The Balaban J connectivity index is 2.21. The Morgan fingerprint density at radius 1 is 1.00 bits per heavy atom. The summed E-state index contributed by atoms with van der Waals surface area (Å²) in [5.41, 5.74) is -3.94. The fourth-order valence-corrected chi connectivity index (χ4v) is 4.99. The Hall–Kier alpha value is -2.88. The van der Waals surface area contributed by atoms with E-state index in [0.29, 0.717) is 11.6 Å². The number of nitrogens with zero attached hydrogens (tertiary/aromatic N) is 2. The quantitative estimate of drug-likeness (QED) is 0.116. The van der Waals surface area contributed by atoms with Crippen molar-refractivity contribution in [1.29, 1.82) is 0 Å². The van der Waals surface area contributed by atoms with Gasteiger partial charge in [-0.1, -0.05) is 19.6 Å². The second kappa shape index (κ2) is 12.8. The number of thiazole rings is 2. The van der Waals surface area contributed by atoms with Crippen LogP contribution in [0.4, 0.5) is 9.59 Å². The van der Waals surface area contributed by atoms with Crippen molar-refractivity contribution in [3.63, 3.8) is 0 Å². The zero-order valence-electron chi connectivity index (χ0n) is 22.5. The molecule has 12 nitrogen and oxygen atoms in total. The summed E-state index contributed by atoms with van der Waals surface area (Å²) in [6.07, 6.45) is -1.69. The van der Waals surface area contributed by atoms with Crippen LogP contribution < -0.4 is 10.6 Å². The molecule has 2 aromatic rings. The minimum Gasteiger partial charge on any atom is -0.461 e. The summed E-state index contributed by atoms with van der Waals surface area (Å²) in [5, 5.41) is 18.9. The molecule has 0 unspecified atom stereocenters. The Bertz CT molecular complexity index is 1150. The van der Waals surface area contributed by atoms with Gasteiger partial charge in [-0.3, -0.25) is 10.1 Å². The maximum absolute atomic E-state index is 13.4. The van der Waals surface area contributed by atoms with Gasteiger partial charge in [0.1, 0.15) is 16.3 Å². The van der Waals surface area contributed by atoms with E-state index >= 15 is 0 Å². The predicted molar refractivity (Wildman–Crippen MR) is 144 cm³/mol. The summed E-state index contributed by atoms with van der Waals surface area (Å²) >= 11 is 1.84. The molecule has 0 bridgehead atoms. The van der Waals surface area contributed by atoms with Gasteiger partial charge < -0.3 is 24.6 Å². The molecular weight excluding hydrogens is 552 g/mol. The summed E-state index contributed by atoms with van der Waals surface area (Å²) in [4.78, 5) is 58.2. The number of ether oxygens (including phenoxy) is 3. The molecular formula is C23H34N4O8S2Si. The van der Waals surface area contributed by atoms with E-state index in [4.69, 9.17) is 14.2 Å². The van der Waals surface area contributed by atoms with Crippen LogP contribution in [0.5, 0.6) is 0 Å².